The number of furan rings is 1. The molecule has 5 heteroatoms. The van der Waals surface area contributed by atoms with Gasteiger partial charge >= 0.3 is 0 Å². The van der Waals surface area contributed by atoms with Crippen molar-refractivity contribution in [3.05, 3.63) is 83.1 Å². The molecule has 128 valence electrons. The van der Waals surface area contributed by atoms with Gasteiger partial charge in [-0.05, 0) is 61.9 Å². The Morgan fingerprint density at radius 1 is 1.08 bits per heavy atom. The maximum absolute atomic E-state index is 12.9. The van der Waals surface area contributed by atoms with Crippen molar-refractivity contribution in [1.29, 1.82) is 0 Å². The van der Waals surface area contributed by atoms with Gasteiger partial charge in [0.1, 0.15) is 28.8 Å². The van der Waals surface area contributed by atoms with Crippen LogP contribution in [0.3, 0.4) is 0 Å². The van der Waals surface area contributed by atoms with Gasteiger partial charge < -0.3 is 14.5 Å². The molecule has 0 fully saturated rings. The Labute approximate surface area is 145 Å². The third kappa shape index (κ3) is 4.26. The minimum Gasteiger partial charge on any atom is -0.466 e. The molecule has 1 N–H and O–H groups in total. The highest BCUT2D eigenvalue weighted by molar-refractivity contribution is 5.95. The summed E-state index contributed by atoms with van der Waals surface area (Å²) in [6, 6.07) is 14.9. The average Bonchev–Trinajstić information content (AvgIpc) is 2.94. The van der Waals surface area contributed by atoms with Crippen LogP contribution in [0.2, 0.25) is 0 Å². The van der Waals surface area contributed by atoms with Crippen LogP contribution in [0.1, 0.15) is 27.4 Å². The van der Waals surface area contributed by atoms with Gasteiger partial charge in [0.2, 0.25) is 0 Å². The molecular weight excluding hydrogens is 321 g/mol. The van der Waals surface area contributed by atoms with Crippen molar-refractivity contribution < 1.29 is 18.3 Å². The molecule has 0 aliphatic heterocycles. The van der Waals surface area contributed by atoms with Gasteiger partial charge in [-0.2, -0.15) is 0 Å². The van der Waals surface area contributed by atoms with Crippen molar-refractivity contribution in [3.8, 4) is 11.5 Å². The molecular formula is C20H18FNO3. The summed E-state index contributed by atoms with van der Waals surface area (Å²) in [5.41, 5.74) is 1.43. The number of amides is 1. The fourth-order valence-corrected chi connectivity index (χ4v) is 2.49. The number of halogens is 1. The molecule has 3 rings (SSSR count). The molecule has 0 spiro atoms. The molecule has 1 amide bonds. The number of ether oxygens (including phenoxy) is 1. The van der Waals surface area contributed by atoms with Crippen LogP contribution in [-0.2, 0) is 6.54 Å². The van der Waals surface area contributed by atoms with E-state index in [0.717, 1.165) is 5.56 Å². The van der Waals surface area contributed by atoms with Crippen LogP contribution in [0, 0.1) is 19.7 Å². The van der Waals surface area contributed by atoms with Gasteiger partial charge in [-0.25, -0.2) is 4.39 Å². The Balaban J connectivity index is 1.64. The summed E-state index contributed by atoms with van der Waals surface area (Å²) < 4.78 is 24.0. The molecule has 1 aromatic heterocycles. The standard InChI is InChI=1S/C20H18FNO3/c1-13-10-19(14(2)24-13)20(23)22-12-15-4-3-5-18(11-15)25-17-8-6-16(21)7-9-17/h3-11H,12H2,1-2H3,(H,22,23). The molecule has 0 bridgehead atoms. The predicted octanol–water partition coefficient (Wildman–Crippen LogP) is 4.76. The van der Waals surface area contributed by atoms with E-state index in [9.17, 15) is 9.18 Å². The summed E-state index contributed by atoms with van der Waals surface area (Å²) in [7, 11) is 0. The monoisotopic (exact) mass is 339 g/mol. The predicted molar refractivity (Wildman–Crippen MR) is 92.3 cm³/mol. The number of nitrogens with one attached hydrogen (secondary N) is 1. The normalized spacial score (nSPS) is 10.5. The second-order valence-corrected chi connectivity index (χ2v) is 5.71. The van der Waals surface area contributed by atoms with Gasteiger partial charge in [0.25, 0.3) is 5.91 Å². The Bertz CT molecular complexity index is 884. The van der Waals surface area contributed by atoms with Crippen LogP contribution >= 0.6 is 0 Å². The Morgan fingerprint density at radius 3 is 2.52 bits per heavy atom. The van der Waals surface area contributed by atoms with E-state index >= 15 is 0 Å². The van der Waals surface area contributed by atoms with E-state index in [1.807, 2.05) is 18.2 Å². The topological polar surface area (TPSA) is 51.5 Å². The van der Waals surface area contributed by atoms with Gasteiger partial charge in [0.05, 0.1) is 5.56 Å². The lowest BCUT2D eigenvalue weighted by Gasteiger charge is -2.09. The number of hydrogen-bond acceptors (Lipinski definition) is 3. The highest BCUT2D eigenvalue weighted by Crippen LogP contribution is 2.22. The van der Waals surface area contributed by atoms with Crippen molar-refractivity contribution in [2.45, 2.75) is 20.4 Å². The third-order valence-electron chi connectivity index (χ3n) is 3.69. The number of benzene rings is 2. The molecule has 3 aromatic rings. The summed E-state index contributed by atoms with van der Waals surface area (Å²) >= 11 is 0. The smallest absolute Gasteiger partial charge is 0.255 e. The zero-order valence-electron chi connectivity index (χ0n) is 14.0. The molecule has 0 saturated heterocycles. The highest BCUT2D eigenvalue weighted by atomic mass is 19.1. The Hall–Kier alpha value is -3.08. The molecule has 0 aliphatic rings. The number of carbonyl (C=O) groups is 1. The van der Waals surface area contributed by atoms with E-state index < -0.39 is 0 Å². The first-order valence-electron chi connectivity index (χ1n) is 7.89. The molecule has 0 radical (unpaired) electrons. The molecule has 25 heavy (non-hydrogen) atoms. The minimum atomic E-state index is -0.311. The van der Waals surface area contributed by atoms with E-state index in [-0.39, 0.29) is 11.7 Å². The molecule has 0 atom stereocenters. The zero-order chi connectivity index (χ0) is 17.8. The van der Waals surface area contributed by atoms with Crippen molar-refractivity contribution in [2.75, 3.05) is 0 Å². The summed E-state index contributed by atoms with van der Waals surface area (Å²) in [4.78, 5) is 12.2. The van der Waals surface area contributed by atoms with Crippen LogP contribution < -0.4 is 10.1 Å². The molecule has 4 nitrogen and oxygen atoms in total. The first kappa shape index (κ1) is 16.8. The zero-order valence-corrected chi connectivity index (χ0v) is 14.0. The summed E-state index contributed by atoms with van der Waals surface area (Å²) in [6.07, 6.45) is 0. The molecule has 2 aromatic carbocycles. The molecule has 0 aliphatic carbocycles. The number of hydrogen-bond donors (Lipinski definition) is 1. The van der Waals surface area contributed by atoms with Crippen LogP contribution in [0.15, 0.2) is 59.0 Å². The third-order valence-corrected chi connectivity index (χ3v) is 3.69. The lowest BCUT2D eigenvalue weighted by molar-refractivity contribution is 0.0949. The van der Waals surface area contributed by atoms with E-state index in [1.54, 1.807) is 38.1 Å². The lowest BCUT2D eigenvalue weighted by Crippen LogP contribution is -2.22. The van der Waals surface area contributed by atoms with Crippen molar-refractivity contribution in [3.63, 3.8) is 0 Å². The number of carbonyl (C=O) groups excluding carboxylic acids is 1. The van der Waals surface area contributed by atoms with E-state index in [4.69, 9.17) is 9.15 Å². The first-order valence-corrected chi connectivity index (χ1v) is 7.89. The van der Waals surface area contributed by atoms with Crippen molar-refractivity contribution >= 4 is 5.91 Å². The second kappa shape index (κ2) is 7.21. The van der Waals surface area contributed by atoms with Crippen LogP contribution in [0.4, 0.5) is 4.39 Å². The SMILES string of the molecule is Cc1cc(C(=O)NCc2cccc(Oc3ccc(F)cc3)c2)c(C)o1. The number of rotatable bonds is 5. The second-order valence-electron chi connectivity index (χ2n) is 5.71. The largest absolute Gasteiger partial charge is 0.466 e. The average molecular weight is 339 g/mol. The summed E-state index contributed by atoms with van der Waals surface area (Å²) in [5, 5.41) is 2.86. The van der Waals surface area contributed by atoms with E-state index in [0.29, 0.717) is 35.1 Å². The Morgan fingerprint density at radius 2 is 1.84 bits per heavy atom. The van der Waals surface area contributed by atoms with E-state index in [1.165, 1.54) is 12.1 Å². The maximum atomic E-state index is 12.9. The van der Waals surface area contributed by atoms with Crippen molar-refractivity contribution in [1.82, 2.24) is 5.32 Å². The first-order chi connectivity index (χ1) is 12.0. The molecule has 0 unspecified atom stereocenters. The quantitative estimate of drug-likeness (QED) is 0.729. The van der Waals surface area contributed by atoms with Crippen molar-refractivity contribution in [2.24, 2.45) is 0 Å². The summed E-state index contributed by atoms with van der Waals surface area (Å²) in [6.45, 7) is 3.93. The van der Waals surface area contributed by atoms with Gasteiger partial charge in [0, 0.05) is 6.54 Å². The lowest BCUT2D eigenvalue weighted by atomic mass is 10.2. The van der Waals surface area contributed by atoms with Crippen LogP contribution in [0.5, 0.6) is 11.5 Å². The molecule has 1 heterocycles. The van der Waals surface area contributed by atoms with Gasteiger partial charge in [0.15, 0.2) is 0 Å². The van der Waals surface area contributed by atoms with Crippen LogP contribution in [-0.4, -0.2) is 5.91 Å². The highest BCUT2D eigenvalue weighted by Gasteiger charge is 2.13. The van der Waals surface area contributed by atoms with Gasteiger partial charge in [-0.15, -0.1) is 0 Å². The van der Waals surface area contributed by atoms with Gasteiger partial charge in [-0.3, -0.25) is 4.79 Å². The van der Waals surface area contributed by atoms with Crippen LogP contribution in [0.25, 0.3) is 0 Å². The fourth-order valence-electron chi connectivity index (χ4n) is 2.49. The fraction of sp³-hybridized carbons (Fsp3) is 0.150. The summed E-state index contributed by atoms with van der Waals surface area (Å²) in [5.74, 6) is 1.98. The van der Waals surface area contributed by atoms with E-state index in [2.05, 4.69) is 5.32 Å². The minimum absolute atomic E-state index is 0.181. The molecule has 0 saturated carbocycles. The number of aryl methyl sites for hydroxylation is 2. The Kier molecular flexibility index (Phi) is 4.84. The maximum Gasteiger partial charge on any atom is 0.255 e. The van der Waals surface area contributed by atoms with Gasteiger partial charge in [-0.1, -0.05) is 12.1 Å².